The molecule has 2 amide bonds. The zero-order valence-electron chi connectivity index (χ0n) is 15.8. The number of anilines is 1. The van der Waals surface area contributed by atoms with Gasteiger partial charge in [0.1, 0.15) is 6.04 Å². The molecule has 28 heavy (non-hydrogen) atoms. The number of ether oxygens (including phenoxy) is 2. The number of benzene rings is 1. The molecule has 0 radical (unpaired) electrons. The minimum atomic E-state index is -0.214. The lowest BCUT2D eigenvalue weighted by molar-refractivity contribution is 0.181. The summed E-state index contributed by atoms with van der Waals surface area (Å²) in [4.78, 5) is 19.3. The van der Waals surface area contributed by atoms with E-state index in [-0.39, 0.29) is 12.1 Å². The molecule has 1 aliphatic rings. The fraction of sp³-hybridized carbons (Fsp3) is 0.238. The van der Waals surface area contributed by atoms with E-state index in [4.69, 9.17) is 9.47 Å². The fourth-order valence-corrected chi connectivity index (χ4v) is 3.66. The van der Waals surface area contributed by atoms with E-state index in [1.165, 1.54) is 0 Å². The van der Waals surface area contributed by atoms with Gasteiger partial charge in [-0.05, 0) is 35.9 Å². The SMILES string of the molecule is COc1cccc(NC(=O)N2CCn3cccc3[C@H]2c2cccnc2)c1OC. The van der Waals surface area contributed by atoms with Crippen molar-refractivity contribution in [2.45, 2.75) is 12.6 Å². The predicted molar refractivity (Wildman–Crippen MR) is 106 cm³/mol. The predicted octanol–water partition coefficient (Wildman–Crippen LogP) is 3.54. The number of pyridine rings is 1. The first-order chi connectivity index (χ1) is 13.7. The Morgan fingerprint density at radius 1 is 1.11 bits per heavy atom. The molecule has 0 spiro atoms. The molecule has 0 unspecified atom stereocenters. The van der Waals surface area contributed by atoms with Crippen molar-refractivity contribution in [3.63, 3.8) is 0 Å². The van der Waals surface area contributed by atoms with E-state index in [2.05, 4.69) is 14.9 Å². The van der Waals surface area contributed by atoms with Crippen LogP contribution in [-0.4, -0.2) is 41.2 Å². The Morgan fingerprint density at radius 3 is 2.75 bits per heavy atom. The molecule has 0 bridgehead atoms. The van der Waals surface area contributed by atoms with Gasteiger partial charge in [0.15, 0.2) is 11.5 Å². The number of carbonyl (C=O) groups excluding carboxylic acids is 1. The van der Waals surface area contributed by atoms with E-state index >= 15 is 0 Å². The van der Waals surface area contributed by atoms with E-state index in [9.17, 15) is 4.79 Å². The lowest BCUT2D eigenvalue weighted by Gasteiger charge is -2.37. The Bertz CT molecular complexity index is 971. The average Bonchev–Trinajstić information content (AvgIpc) is 3.22. The minimum Gasteiger partial charge on any atom is -0.493 e. The second kappa shape index (κ2) is 7.64. The topological polar surface area (TPSA) is 68.6 Å². The Kier molecular flexibility index (Phi) is 4.89. The van der Waals surface area contributed by atoms with Crippen LogP contribution in [0.5, 0.6) is 11.5 Å². The highest BCUT2D eigenvalue weighted by Crippen LogP contribution is 2.36. The van der Waals surface area contributed by atoms with Crippen molar-refractivity contribution in [2.24, 2.45) is 0 Å². The van der Waals surface area contributed by atoms with Crippen molar-refractivity contribution in [1.82, 2.24) is 14.5 Å². The van der Waals surface area contributed by atoms with Crippen LogP contribution < -0.4 is 14.8 Å². The summed E-state index contributed by atoms with van der Waals surface area (Å²) < 4.78 is 12.9. The van der Waals surface area contributed by atoms with Gasteiger partial charge in [-0.25, -0.2) is 4.79 Å². The number of nitrogens with zero attached hydrogens (tertiary/aromatic N) is 3. The van der Waals surface area contributed by atoms with Crippen LogP contribution in [0.15, 0.2) is 61.1 Å². The molecule has 1 atom stereocenters. The number of nitrogens with one attached hydrogen (secondary N) is 1. The third-order valence-electron chi connectivity index (χ3n) is 4.94. The number of methoxy groups -OCH3 is 2. The van der Waals surface area contributed by atoms with Crippen LogP contribution in [0.3, 0.4) is 0 Å². The second-order valence-electron chi connectivity index (χ2n) is 6.48. The van der Waals surface area contributed by atoms with Gasteiger partial charge in [-0.15, -0.1) is 0 Å². The van der Waals surface area contributed by atoms with Gasteiger partial charge in [0.2, 0.25) is 0 Å². The molecule has 4 rings (SSSR count). The molecule has 1 aromatic carbocycles. The van der Waals surface area contributed by atoms with Crippen molar-refractivity contribution >= 4 is 11.7 Å². The number of fused-ring (bicyclic) bond motifs is 1. The van der Waals surface area contributed by atoms with Crippen LogP contribution in [-0.2, 0) is 6.54 Å². The summed E-state index contributed by atoms with van der Waals surface area (Å²) >= 11 is 0. The van der Waals surface area contributed by atoms with Crippen molar-refractivity contribution in [3.8, 4) is 11.5 Å². The van der Waals surface area contributed by atoms with E-state index in [0.29, 0.717) is 23.7 Å². The van der Waals surface area contributed by atoms with Gasteiger partial charge >= 0.3 is 6.03 Å². The molecule has 1 aliphatic heterocycles. The van der Waals surface area contributed by atoms with E-state index < -0.39 is 0 Å². The maximum absolute atomic E-state index is 13.2. The smallest absolute Gasteiger partial charge is 0.322 e. The number of amides is 2. The molecule has 3 aromatic rings. The lowest BCUT2D eigenvalue weighted by atomic mass is 10.0. The molecule has 7 nitrogen and oxygen atoms in total. The van der Waals surface area contributed by atoms with E-state index in [1.54, 1.807) is 38.7 Å². The summed E-state index contributed by atoms with van der Waals surface area (Å²) in [7, 11) is 3.13. The van der Waals surface area contributed by atoms with Gasteiger partial charge < -0.3 is 24.3 Å². The van der Waals surface area contributed by atoms with Gasteiger partial charge in [0, 0.05) is 37.4 Å². The first-order valence-corrected chi connectivity index (χ1v) is 9.06. The van der Waals surface area contributed by atoms with E-state index in [0.717, 1.165) is 17.8 Å². The molecule has 0 saturated heterocycles. The third-order valence-corrected chi connectivity index (χ3v) is 4.94. The van der Waals surface area contributed by atoms with Crippen LogP contribution in [0.4, 0.5) is 10.5 Å². The van der Waals surface area contributed by atoms with Gasteiger partial charge in [0.25, 0.3) is 0 Å². The summed E-state index contributed by atoms with van der Waals surface area (Å²) in [6.07, 6.45) is 5.58. The summed E-state index contributed by atoms with van der Waals surface area (Å²) in [5.41, 5.74) is 2.60. The molecule has 0 aliphatic carbocycles. The number of carbonyl (C=O) groups is 1. The van der Waals surface area contributed by atoms with Crippen molar-refractivity contribution in [3.05, 3.63) is 72.3 Å². The van der Waals surface area contributed by atoms with Gasteiger partial charge in [-0.1, -0.05) is 12.1 Å². The lowest BCUT2D eigenvalue weighted by Crippen LogP contribution is -2.44. The largest absolute Gasteiger partial charge is 0.493 e. The van der Waals surface area contributed by atoms with Gasteiger partial charge in [0.05, 0.1) is 19.9 Å². The first-order valence-electron chi connectivity index (χ1n) is 9.06. The number of hydrogen-bond donors (Lipinski definition) is 1. The van der Waals surface area contributed by atoms with Crippen molar-refractivity contribution in [1.29, 1.82) is 0 Å². The average molecular weight is 378 g/mol. The molecule has 0 fully saturated rings. The number of urea groups is 1. The number of hydrogen-bond acceptors (Lipinski definition) is 4. The Hall–Kier alpha value is -3.48. The van der Waals surface area contributed by atoms with Crippen molar-refractivity contribution < 1.29 is 14.3 Å². The molecule has 3 heterocycles. The Morgan fingerprint density at radius 2 is 2.00 bits per heavy atom. The molecule has 1 N–H and O–H groups in total. The van der Waals surface area contributed by atoms with Crippen LogP contribution >= 0.6 is 0 Å². The summed E-state index contributed by atoms with van der Waals surface area (Å²) in [6, 6.07) is 12.9. The van der Waals surface area contributed by atoms with Gasteiger partial charge in [-0.2, -0.15) is 0 Å². The zero-order valence-corrected chi connectivity index (χ0v) is 15.8. The quantitative estimate of drug-likeness (QED) is 0.754. The van der Waals surface area contributed by atoms with Crippen LogP contribution in [0, 0.1) is 0 Å². The van der Waals surface area contributed by atoms with Gasteiger partial charge in [-0.3, -0.25) is 4.98 Å². The molecular formula is C21H22N4O3. The highest BCUT2D eigenvalue weighted by Gasteiger charge is 2.32. The highest BCUT2D eigenvalue weighted by molar-refractivity contribution is 5.92. The highest BCUT2D eigenvalue weighted by atomic mass is 16.5. The summed E-state index contributed by atoms with van der Waals surface area (Å²) in [5, 5.41) is 2.98. The Labute approximate surface area is 163 Å². The number of aromatic nitrogens is 2. The molecule has 2 aromatic heterocycles. The van der Waals surface area contributed by atoms with Crippen LogP contribution in [0.1, 0.15) is 17.3 Å². The summed E-state index contributed by atoms with van der Waals surface area (Å²) in [5.74, 6) is 1.06. The second-order valence-corrected chi connectivity index (χ2v) is 6.48. The zero-order chi connectivity index (χ0) is 19.5. The molecule has 7 heteroatoms. The Balaban J connectivity index is 1.67. The van der Waals surface area contributed by atoms with Crippen molar-refractivity contribution in [2.75, 3.05) is 26.1 Å². The van der Waals surface area contributed by atoms with E-state index in [1.807, 2.05) is 41.4 Å². The first kappa shape index (κ1) is 17.9. The maximum Gasteiger partial charge on any atom is 0.322 e. The monoisotopic (exact) mass is 378 g/mol. The fourth-order valence-electron chi connectivity index (χ4n) is 3.66. The molecule has 144 valence electrons. The van der Waals surface area contributed by atoms with Crippen LogP contribution in [0.2, 0.25) is 0 Å². The van der Waals surface area contributed by atoms with Crippen LogP contribution in [0.25, 0.3) is 0 Å². The normalized spacial score (nSPS) is 15.6. The standard InChI is InChI=1S/C21H22N4O3/c1-27-18-9-3-7-16(20(18)28-2)23-21(26)25-13-12-24-11-5-8-17(24)19(25)15-6-4-10-22-14-15/h3-11,14,19H,12-13H2,1-2H3,(H,23,26)/t19-/m1/s1. The number of para-hydroxylation sites is 1. The summed E-state index contributed by atoms with van der Waals surface area (Å²) in [6.45, 7) is 1.32. The maximum atomic E-state index is 13.2. The minimum absolute atomic E-state index is 0.201. The number of rotatable bonds is 4. The third kappa shape index (κ3) is 3.15. The molecular weight excluding hydrogens is 356 g/mol. The molecule has 0 saturated carbocycles.